The lowest BCUT2D eigenvalue weighted by molar-refractivity contribution is -0.127. The minimum absolute atomic E-state index is 0.0453. The summed E-state index contributed by atoms with van der Waals surface area (Å²) in [5.74, 6) is 1.89. The standard InChI is InChI=1S/C22H23N3O3/c1-27-19-11-5-10-17(13-19)21-23-22(28-24-21)18-14-20(26)25(15-18)12-6-9-16-7-3-2-4-8-16/h2-5,7-8,10-11,13,18H,6,9,12,14-15H2,1H3. The van der Waals surface area contributed by atoms with Crippen LogP contribution in [0.3, 0.4) is 0 Å². The highest BCUT2D eigenvalue weighted by molar-refractivity contribution is 5.79. The van der Waals surface area contributed by atoms with Crippen molar-refractivity contribution in [1.82, 2.24) is 15.0 Å². The summed E-state index contributed by atoms with van der Waals surface area (Å²) < 4.78 is 10.7. The van der Waals surface area contributed by atoms with Crippen LogP contribution < -0.4 is 4.74 Å². The largest absolute Gasteiger partial charge is 0.497 e. The number of benzene rings is 2. The number of amides is 1. The van der Waals surface area contributed by atoms with Crippen molar-refractivity contribution in [3.8, 4) is 17.1 Å². The molecule has 4 rings (SSSR count). The zero-order valence-electron chi connectivity index (χ0n) is 15.9. The number of ether oxygens (including phenoxy) is 1. The maximum Gasteiger partial charge on any atom is 0.232 e. The lowest BCUT2D eigenvalue weighted by Crippen LogP contribution is -2.26. The van der Waals surface area contributed by atoms with Gasteiger partial charge in [0.25, 0.3) is 0 Å². The second-order valence-corrected chi connectivity index (χ2v) is 7.02. The number of likely N-dealkylation sites (tertiary alicyclic amines) is 1. The first-order chi connectivity index (χ1) is 13.7. The van der Waals surface area contributed by atoms with Crippen LogP contribution in [-0.2, 0) is 11.2 Å². The highest BCUT2D eigenvalue weighted by Gasteiger charge is 2.34. The molecular weight excluding hydrogens is 354 g/mol. The average molecular weight is 377 g/mol. The van der Waals surface area contributed by atoms with Gasteiger partial charge in [-0.2, -0.15) is 4.98 Å². The van der Waals surface area contributed by atoms with E-state index in [2.05, 4.69) is 22.3 Å². The van der Waals surface area contributed by atoms with Crippen LogP contribution in [0, 0.1) is 0 Å². The number of carbonyl (C=O) groups excluding carboxylic acids is 1. The molecule has 1 atom stereocenters. The molecule has 2 aromatic carbocycles. The number of methoxy groups -OCH3 is 1. The fraction of sp³-hybridized carbons (Fsp3) is 0.318. The van der Waals surface area contributed by atoms with Crippen LogP contribution in [0.4, 0.5) is 0 Å². The van der Waals surface area contributed by atoms with Gasteiger partial charge in [0.1, 0.15) is 5.75 Å². The Morgan fingerprint density at radius 2 is 2.04 bits per heavy atom. The fourth-order valence-corrected chi connectivity index (χ4v) is 3.55. The van der Waals surface area contributed by atoms with Crippen molar-refractivity contribution in [2.45, 2.75) is 25.2 Å². The number of nitrogens with zero attached hydrogens (tertiary/aromatic N) is 3. The summed E-state index contributed by atoms with van der Waals surface area (Å²) in [6.07, 6.45) is 2.34. The first-order valence-electron chi connectivity index (χ1n) is 9.52. The molecule has 6 heteroatoms. The summed E-state index contributed by atoms with van der Waals surface area (Å²) in [5, 5.41) is 4.09. The molecule has 3 aromatic rings. The van der Waals surface area contributed by atoms with Gasteiger partial charge >= 0.3 is 0 Å². The van der Waals surface area contributed by atoms with E-state index in [0.29, 0.717) is 24.7 Å². The van der Waals surface area contributed by atoms with Crippen molar-refractivity contribution in [2.75, 3.05) is 20.2 Å². The van der Waals surface area contributed by atoms with E-state index in [1.54, 1.807) is 7.11 Å². The normalized spacial score (nSPS) is 16.5. The highest BCUT2D eigenvalue weighted by Crippen LogP contribution is 2.29. The van der Waals surface area contributed by atoms with Gasteiger partial charge in [-0.05, 0) is 30.5 Å². The summed E-state index contributed by atoms with van der Waals surface area (Å²) in [6, 6.07) is 17.9. The Kier molecular flexibility index (Phi) is 5.37. The van der Waals surface area contributed by atoms with E-state index in [1.165, 1.54) is 5.56 Å². The SMILES string of the molecule is COc1cccc(-c2noc(C3CC(=O)N(CCCc4ccccc4)C3)n2)c1. The van der Waals surface area contributed by atoms with E-state index in [4.69, 9.17) is 9.26 Å². The van der Waals surface area contributed by atoms with Crippen LogP contribution in [0.2, 0.25) is 0 Å². The third kappa shape index (κ3) is 4.06. The van der Waals surface area contributed by atoms with Crippen molar-refractivity contribution in [1.29, 1.82) is 0 Å². The summed E-state index contributed by atoms with van der Waals surface area (Å²) in [4.78, 5) is 18.8. The molecule has 0 aliphatic carbocycles. The number of aromatic nitrogens is 2. The van der Waals surface area contributed by atoms with E-state index in [9.17, 15) is 4.79 Å². The molecule has 1 fully saturated rings. The second kappa shape index (κ2) is 8.25. The van der Waals surface area contributed by atoms with Crippen LogP contribution in [0.5, 0.6) is 5.75 Å². The number of rotatable bonds is 7. The number of carbonyl (C=O) groups is 1. The van der Waals surface area contributed by atoms with Crippen molar-refractivity contribution >= 4 is 5.91 Å². The van der Waals surface area contributed by atoms with E-state index in [0.717, 1.165) is 30.7 Å². The Morgan fingerprint density at radius 3 is 2.86 bits per heavy atom. The lowest BCUT2D eigenvalue weighted by atomic mass is 10.1. The monoisotopic (exact) mass is 377 g/mol. The van der Waals surface area contributed by atoms with Crippen LogP contribution in [-0.4, -0.2) is 41.1 Å². The van der Waals surface area contributed by atoms with Crippen molar-refractivity contribution in [3.05, 3.63) is 66.1 Å². The Morgan fingerprint density at radius 1 is 1.18 bits per heavy atom. The van der Waals surface area contributed by atoms with Gasteiger partial charge in [-0.1, -0.05) is 47.6 Å². The van der Waals surface area contributed by atoms with Gasteiger partial charge in [-0.3, -0.25) is 4.79 Å². The molecule has 1 aliphatic heterocycles. The van der Waals surface area contributed by atoms with Gasteiger partial charge < -0.3 is 14.2 Å². The molecular formula is C22H23N3O3. The number of hydrogen-bond donors (Lipinski definition) is 0. The third-order valence-electron chi connectivity index (χ3n) is 5.07. The van der Waals surface area contributed by atoms with Gasteiger partial charge in [0.15, 0.2) is 0 Å². The van der Waals surface area contributed by atoms with Gasteiger partial charge in [0, 0.05) is 25.1 Å². The van der Waals surface area contributed by atoms with Crippen molar-refractivity contribution < 1.29 is 14.1 Å². The fourth-order valence-electron chi connectivity index (χ4n) is 3.55. The second-order valence-electron chi connectivity index (χ2n) is 7.02. The van der Waals surface area contributed by atoms with Crippen molar-refractivity contribution in [3.63, 3.8) is 0 Å². The maximum atomic E-state index is 12.4. The maximum absolute atomic E-state index is 12.4. The molecule has 0 saturated carbocycles. The van der Waals surface area contributed by atoms with Crippen LogP contribution >= 0.6 is 0 Å². The quantitative estimate of drug-likeness (QED) is 0.628. The Labute approximate surface area is 164 Å². The first-order valence-corrected chi connectivity index (χ1v) is 9.52. The van der Waals surface area contributed by atoms with Crippen LogP contribution in [0.15, 0.2) is 59.1 Å². The molecule has 144 valence electrons. The van der Waals surface area contributed by atoms with Gasteiger partial charge in [0.05, 0.1) is 13.0 Å². The Bertz CT molecular complexity index is 939. The van der Waals surface area contributed by atoms with Gasteiger partial charge in [-0.15, -0.1) is 0 Å². The van der Waals surface area contributed by atoms with E-state index < -0.39 is 0 Å². The Balaban J connectivity index is 1.36. The molecule has 1 saturated heterocycles. The minimum Gasteiger partial charge on any atom is -0.497 e. The molecule has 1 aromatic heterocycles. The highest BCUT2D eigenvalue weighted by atomic mass is 16.5. The molecule has 1 unspecified atom stereocenters. The summed E-state index contributed by atoms with van der Waals surface area (Å²) in [7, 11) is 1.62. The van der Waals surface area contributed by atoms with Crippen LogP contribution in [0.1, 0.15) is 30.2 Å². The van der Waals surface area contributed by atoms with Gasteiger partial charge in [-0.25, -0.2) is 0 Å². The summed E-state index contributed by atoms with van der Waals surface area (Å²) in [5.41, 5.74) is 2.13. The van der Waals surface area contributed by atoms with E-state index in [1.807, 2.05) is 47.4 Å². The predicted molar refractivity (Wildman–Crippen MR) is 105 cm³/mol. The molecule has 2 heterocycles. The average Bonchev–Trinajstić information content (AvgIpc) is 3.36. The molecule has 28 heavy (non-hydrogen) atoms. The van der Waals surface area contributed by atoms with Crippen LogP contribution in [0.25, 0.3) is 11.4 Å². The van der Waals surface area contributed by atoms with Gasteiger partial charge in [0.2, 0.25) is 17.6 Å². The summed E-state index contributed by atoms with van der Waals surface area (Å²) >= 11 is 0. The number of aryl methyl sites for hydroxylation is 1. The zero-order valence-corrected chi connectivity index (χ0v) is 15.9. The number of hydrogen-bond acceptors (Lipinski definition) is 5. The Hall–Kier alpha value is -3.15. The molecule has 0 bridgehead atoms. The third-order valence-corrected chi connectivity index (χ3v) is 5.07. The molecule has 0 radical (unpaired) electrons. The molecule has 1 aliphatic rings. The zero-order chi connectivity index (χ0) is 19.3. The first kappa shape index (κ1) is 18.2. The molecule has 1 amide bonds. The smallest absolute Gasteiger partial charge is 0.232 e. The van der Waals surface area contributed by atoms with E-state index >= 15 is 0 Å². The lowest BCUT2D eigenvalue weighted by Gasteiger charge is -2.15. The predicted octanol–water partition coefficient (Wildman–Crippen LogP) is 3.69. The van der Waals surface area contributed by atoms with E-state index in [-0.39, 0.29) is 11.8 Å². The van der Waals surface area contributed by atoms with Crippen molar-refractivity contribution in [2.24, 2.45) is 0 Å². The summed E-state index contributed by atoms with van der Waals surface area (Å²) in [6.45, 7) is 1.38. The molecule has 6 nitrogen and oxygen atoms in total. The minimum atomic E-state index is -0.0453. The molecule has 0 spiro atoms. The molecule has 0 N–H and O–H groups in total. The topological polar surface area (TPSA) is 68.5 Å².